The molecule has 0 aliphatic carbocycles. The Bertz CT molecular complexity index is 750. The fraction of sp³-hybridized carbons (Fsp3) is 0.0625. The standard InChI is InChI=1S/C16H11NO3S/c1-10-6-8-11(9-7-10)16(19)20-17-15-14(18)12-4-2-3-5-13(12)21-15/h2-9H,1H3. The number of carbonyl (C=O) groups is 2. The van der Waals surface area contributed by atoms with Crippen molar-refractivity contribution in [1.29, 1.82) is 0 Å². The normalized spacial score (nSPS) is 15.1. The first-order chi connectivity index (χ1) is 10.1. The number of hydrogen-bond acceptors (Lipinski definition) is 5. The lowest BCUT2D eigenvalue weighted by Crippen LogP contribution is -2.07. The summed E-state index contributed by atoms with van der Waals surface area (Å²) in [6, 6.07) is 14.2. The minimum atomic E-state index is -0.577. The largest absolute Gasteiger partial charge is 0.365 e. The zero-order valence-electron chi connectivity index (χ0n) is 11.2. The lowest BCUT2D eigenvalue weighted by molar-refractivity contribution is 0.0517. The van der Waals surface area contributed by atoms with Gasteiger partial charge in [0.25, 0.3) is 0 Å². The number of benzene rings is 2. The highest BCUT2D eigenvalue weighted by Crippen LogP contribution is 2.33. The van der Waals surface area contributed by atoms with Gasteiger partial charge in [-0.2, -0.15) is 0 Å². The van der Waals surface area contributed by atoms with Crippen LogP contribution in [0.5, 0.6) is 0 Å². The summed E-state index contributed by atoms with van der Waals surface area (Å²) in [5.41, 5.74) is 2.04. The number of ketones is 1. The summed E-state index contributed by atoms with van der Waals surface area (Å²) in [6.07, 6.45) is 0. The summed E-state index contributed by atoms with van der Waals surface area (Å²) in [4.78, 5) is 29.6. The Kier molecular flexibility index (Phi) is 3.58. The molecule has 4 nitrogen and oxygen atoms in total. The topological polar surface area (TPSA) is 55.7 Å². The van der Waals surface area contributed by atoms with E-state index in [0.717, 1.165) is 10.5 Å². The average molecular weight is 297 g/mol. The molecule has 2 aromatic carbocycles. The van der Waals surface area contributed by atoms with Gasteiger partial charge >= 0.3 is 5.97 Å². The first-order valence-corrected chi connectivity index (χ1v) is 7.14. The van der Waals surface area contributed by atoms with Crippen molar-refractivity contribution in [2.45, 2.75) is 11.8 Å². The monoisotopic (exact) mass is 297 g/mol. The zero-order chi connectivity index (χ0) is 14.8. The number of oxime groups is 1. The molecule has 1 aliphatic heterocycles. The van der Waals surface area contributed by atoms with Crippen molar-refractivity contribution < 1.29 is 14.4 Å². The second-order valence-electron chi connectivity index (χ2n) is 4.57. The maximum absolute atomic E-state index is 12.0. The summed E-state index contributed by atoms with van der Waals surface area (Å²) in [7, 11) is 0. The molecule has 0 radical (unpaired) electrons. The Morgan fingerprint density at radius 2 is 1.81 bits per heavy atom. The van der Waals surface area contributed by atoms with Crippen LogP contribution in [0.15, 0.2) is 58.6 Å². The lowest BCUT2D eigenvalue weighted by atomic mass is 10.1. The van der Waals surface area contributed by atoms with E-state index < -0.39 is 5.97 Å². The van der Waals surface area contributed by atoms with Crippen LogP contribution in [0.3, 0.4) is 0 Å². The fourth-order valence-electron chi connectivity index (χ4n) is 1.89. The number of thioether (sulfide) groups is 1. The van der Waals surface area contributed by atoms with E-state index in [0.29, 0.717) is 11.1 Å². The molecular weight excluding hydrogens is 286 g/mol. The molecule has 0 saturated carbocycles. The number of fused-ring (bicyclic) bond motifs is 1. The van der Waals surface area contributed by atoms with Gasteiger partial charge in [-0.05, 0) is 31.2 Å². The molecule has 0 N–H and O–H groups in total. The SMILES string of the molecule is Cc1ccc(C(=O)ON=C2Sc3ccccc3C2=O)cc1. The molecule has 0 saturated heterocycles. The molecule has 0 amide bonds. The highest BCUT2D eigenvalue weighted by molar-refractivity contribution is 8.16. The van der Waals surface area contributed by atoms with Crippen LogP contribution >= 0.6 is 11.8 Å². The van der Waals surface area contributed by atoms with E-state index in [1.54, 1.807) is 24.3 Å². The van der Waals surface area contributed by atoms with E-state index in [2.05, 4.69) is 5.16 Å². The third-order valence-electron chi connectivity index (χ3n) is 3.03. The van der Waals surface area contributed by atoms with Crippen molar-refractivity contribution in [2.24, 2.45) is 5.16 Å². The van der Waals surface area contributed by atoms with Crippen molar-refractivity contribution >= 4 is 28.6 Å². The second kappa shape index (κ2) is 5.54. The smallest absolute Gasteiger partial charge is 0.312 e. The van der Waals surface area contributed by atoms with Gasteiger partial charge in [0.1, 0.15) is 0 Å². The van der Waals surface area contributed by atoms with Gasteiger partial charge in [-0.1, -0.05) is 46.7 Å². The Morgan fingerprint density at radius 3 is 2.52 bits per heavy atom. The van der Waals surface area contributed by atoms with Crippen LogP contribution < -0.4 is 0 Å². The minimum absolute atomic E-state index is 0.177. The first-order valence-electron chi connectivity index (χ1n) is 6.33. The molecule has 2 aromatic rings. The summed E-state index contributed by atoms with van der Waals surface area (Å²) < 4.78 is 0. The number of aryl methyl sites for hydroxylation is 1. The van der Waals surface area contributed by atoms with Crippen LogP contribution in [0.2, 0.25) is 0 Å². The van der Waals surface area contributed by atoms with Gasteiger partial charge in [-0.3, -0.25) is 4.79 Å². The van der Waals surface area contributed by atoms with Gasteiger partial charge < -0.3 is 4.84 Å². The van der Waals surface area contributed by atoms with Gasteiger partial charge in [0.05, 0.1) is 5.56 Å². The predicted molar refractivity (Wildman–Crippen MR) is 80.7 cm³/mol. The maximum Gasteiger partial charge on any atom is 0.365 e. The number of hydrogen-bond donors (Lipinski definition) is 0. The van der Waals surface area contributed by atoms with E-state index in [4.69, 9.17) is 4.84 Å². The van der Waals surface area contributed by atoms with Crippen molar-refractivity contribution in [3.8, 4) is 0 Å². The molecule has 3 rings (SSSR count). The lowest BCUT2D eigenvalue weighted by Gasteiger charge is -1.99. The Labute approximate surface area is 125 Å². The van der Waals surface area contributed by atoms with E-state index >= 15 is 0 Å². The third kappa shape index (κ3) is 2.73. The zero-order valence-corrected chi connectivity index (χ0v) is 12.0. The molecule has 1 aliphatic rings. The number of Topliss-reactive ketones (excluding diaryl/α,β-unsaturated/α-hetero) is 1. The quantitative estimate of drug-likeness (QED) is 0.629. The van der Waals surface area contributed by atoms with Crippen molar-refractivity contribution in [1.82, 2.24) is 0 Å². The molecule has 0 atom stereocenters. The van der Waals surface area contributed by atoms with Gasteiger partial charge in [-0.25, -0.2) is 4.79 Å². The predicted octanol–water partition coefficient (Wildman–Crippen LogP) is 3.45. The molecule has 0 bridgehead atoms. The summed E-state index contributed by atoms with van der Waals surface area (Å²) in [6.45, 7) is 1.93. The number of carbonyl (C=O) groups excluding carboxylic acids is 2. The Hall–Kier alpha value is -2.40. The van der Waals surface area contributed by atoms with Crippen molar-refractivity contribution in [3.05, 3.63) is 65.2 Å². The van der Waals surface area contributed by atoms with E-state index in [1.807, 2.05) is 31.2 Å². The first kappa shape index (κ1) is 13.6. The van der Waals surface area contributed by atoms with Crippen LogP contribution in [-0.2, 0) is 4.84 Å². The Balaban J connectivity index is 1.75. The molecule has 0 aromatic heterocycles. The summed E-state index contributed by atoms with van der Waals surface area (Å²) >= 11 is 1.21. The summed E-state index contributed by atoms with van der Waals surface area (Å²) in [5, 5.41) is 3.88. The molecule has 1 heterocycles. The third-order valence-corrected chi connectivity index (χ3v) is 4.06. The maximum atomic E-state index is 12.0. The van der Waals surface area contributed by atoms with Gasteiger partial charge in [0.15, 0.2) is 5.04 Å². The van der Waals surface area contributed by atoms with Gasteiger partial charge in [-0.15, -0.1) is 0 Å². The number of rotatable bonds is 2. The van der Waals surface area contributed by atoms with Crippen LogP contribution in [0.25, 0.3) is 0 Å². The molecule has 0 fully saturated rings. The van der Waals surface area contributed by atoms with Crippen LogP contribution in [-0.4, -0.2) is 16.8 Å². The van der Waals surface area contributed by atoms with Crippen LogP contribution in [0, 0.1) is 6.92 Å². The molecule has 104 valence electrons. The van der Waals surface area contributed by atoms with Crippen molar-refractivity contribution in [2.75, 3.05) is 0 Å². The second-order valence-corrected chi connectivity index (χ2v) is 5.60. The average Bonchev–Trinajstić information content (AvgIpc) is 2.82. The molecule has 0 unspecified atom stereocenters. The number of nitrogens with zero attached hydrogens (tertiary/aromatic N) is 1. The summed E-state index contributed by atoms with van der Waals surface area (Å²) in [5.74, 6) is -0.792. The van der Waals surface area contributed by atoms with Crippen molar-refractivity contribution in [3.63, 3.8) is 0 Å². The van der Waals surface area contributed by atoms with Gasteiger partial charge in [0, 0.05) is 10.5 Å². The highest BCUT2D eigenvalue weighted by Gasteiger charge is 2.28. The minimum Gasteiger partial charge on any atom is -0.312 e. The van der Waals surface area contributed by atoms with E-state index in [1.165, 1.54) is 11.8 Å². The molecule has 21 heavy (non-hydrogen) atoms. The molecular formula is C16H11NO3S. The van der Waals surface area contributed by atoms with Crippen LogP contribution in [0.4, 0.5) is 0 Å². The molecule has 5 heteroatoms. The highest BCUT2D eigenvalue weighted by atomic mass is 32.2. The fourth-order valence-corrected chi connectivity index (χ4v) is 2.80. The van der Waals surface area contributed by atoms with E-state index in [-0.39, 0.29) is 10.8 Å². The van der Waals surface area contributed by atoms with Crippen LogP contribution in [0.1, 0.15) is 26.3 Å². The van der Waals surface area contributed by atoms with E-state index in [9.17, 15) is 9.59 Å². The Morgan fingerprint density at radius 1 is 1.10 bits per heavy atom. The molecule has 0 spiro atoms. The van der Waals surface area contributed by atoms with Gasteiger partial charge in [0.2, 0.25) is 5.78 Å².